The van der Waals surface area contributed by atoms with E-state index in [2.05, 4.69) is 0 Å². The molecule has 1 aromatic rings. The van der Waals surface area contributed by atoms with Crippen LogP contribution >= 0.6 is 11.6 Å². The predicted molar refractivity (Wildman–Crippen MR) is 69.3 cm³/mol. The predicted octanol–water partition coefficient (Wildman–Crippen LogP) is 1.65. The van der Waals surface area contributed by atoms with E-state index >= 15 is 0 Å². The van der Waals surface area contributed by atoms with E-state index in [1.54, 1.807) is 29.2 Å². The number of carboxylic acid groups (broad SMARTS) is 1. The molecule has 0 aliphatic carbocycles. The number of amides is 1. The standard InChI is InChI=1S/C13H14ClNO4/c14-10-1-3-11(4-2-10)19-8-12(16)15-6-9(7-15)5-13(17)18/h1-4,9H,5-8H2,(H,17,18). The highest BCUT2D eigenvalue weighted by Crippen LogP contribution is 2.20. The number of benzene rings is 1. The minimum absolute atomic E-state index is 0.0403. The smallest absolute Gasteiger partial charge is 0.303 e. The fourth-order valence-electron chi connectivity index (χ4n) is 1.92. The Kier molecular flexibility index (Phi) is 4.27. The Labute approximate surface area is 115 Å². The van der Waals surface area contributed by atoms with Crippen molar-refractivity contribution in [1.82, 2.24) is 4.90 Å². The minimum Gasteiger partial charge on any atom is -0.484 e. The van der Waals surface area contributed by atoms with Gasteiger partial charge in [0.1, 0.15) is 5.75 Å². The van der Waals surface area contributed by atoms with Crippen molar-refractivity contribution in [3.63, 3.8) is 0 Å². The van der Waals surface area contributed by atoms with E-state index in [4.69, 9.17) is 21.4 Å². The monoisotopic (exact) mass is 283 g/mol. The van der Waals surface area contributed by atoms with Gasteiger partial charge in [0.05, 0.1) is 6.42 Å². The maximum Gasteiger partial charge on any atom is 0.303 e. The Morgan fingerprint density at radius 2 is 1.95 bits per heavy atom. The molecule has 1 aliphatic rings. The molecule has 0 saturated carbocycles. The largest absolute Gasteiger partial charge is 0.484 e. The quantitative estimate of drug-likeness (QED) is 0.892. The normalized spacial score (nSPS) is 14.9. The maximum absolute atomic E-state index is 11.7. The molecule has 1 aliphatic heterocycles. The number of halogens is 1. The van der Waals surface area contributed by atoms with E-state index in [9.17, 15) is 9.59 Å². The van der Waals surface area contributed by atoms with Gasteiger partial charge in [-0.05, 0) is 24.3 Å². The molecule has 2 rings (SSSR count). The first-order valence-electron chi connectivity index (χ1n) is 5.92. The zero-order valence-electron chi connectivity index (χ0n) is 10.2. The molecule has 19 heavy (non-hydrogen) atoms. The summed E-state index contributed by atoms with van der Waals surface area (Å²) in [6, 6.07) is 6.76. The summed E-state index contributed by atoms with van der Waals surface area (Å²) in [7, 11) is 0. The van der Waals surface area contributed by atoms with Crippen LogP contribution in [0.25, 0.3) is 0 Å². The summed E-state index contributed by atoms with van der Waals surface area (Å²) in [6.45, 7) is 0.950. The third-order valence-corrected chi connectivity index (χ3v) is 3.20. The molecule has 102 valence electrons. The van der Waals surface area contributed by atoms with Crippen molar-refractivity contribution < 1.29 is 19.4 Å². The van der Waals surface area contributed by atoms with Crippen LogP contribution in [0.3, 0.4) is 0 Å². The molecule has 0 aromatic heterocycles. The van der Waals surface area contributed by atoms with E-state index in [1.807, 2.05) is 0 Å². The maximum atomic E-state index is 11.7. The second-order valence-corrected chi connectivity index (χ2v) is 4.94. The van der Waals surface area contributed by atoms with E-state index in [0.29, 0.717) is 23.9 Å². The van der Waals surface area contributed by atoms with Crippen molar-refractivity contribution in [2.24, 2.45) is 5.92 Å². The molecule has 0 spiro atoms. The van der Waals surface area contributed by atoms with Crippen LogP contribution in [-0.4, -0.2) is 41.6 Å². The van der Waals surface area contributed by atoms with Crippen molar-refractivity contribution in [2.75, 3.05) is 19.7 Å². The number of likely N-dealkylation sites (tertiary alicyclic amines) is 1. The summed E-state index contributed by atoms with van der Waals surface area (Å²) < 4.78 is 5.33. The lowest BCUT2D eigenvalue weighted by atomic mass is 9.96. The summed E-state index contributed by atoms with van der Waals surface area (Å²) >= 11 is 5.74. The van der Waals surface area contributed by atoms with Gasteiger partial charge in [0, 0.05) is 24.0 Å². The Morgan fingerprint density at radius 1 is 1.32 bits per heavy atom. The van der Waals surface area contributed by atoms with E-state index in [0.717, 1.165) is 0 Å². The van der Waals surface area contributed by atoms with Crippen LogP contribution in [0, 0.1) is 5.92 Å². The van der Waals surface area contributed by atoms with Crippen LogP contribution in [0.2, 0.25) is 5.02 Å². The summed E-state index contributed by atoms with van der Waals surface area (Å²) in [4.78, 5) is 23.8. The molecule has 5 nitrogen and oxygen atoms in total. The van der Waals surface area contributed by atoms with Crippen LogP contribution in [0.1, 0.15) is 6.42 Å². The Bertz CT molecular complexity index is 468. The zero-order chi connectivity index (χ0) is 13.8. The van der Waals surface area contributed by atoms with Crippen molar-refractivity contribution in [3.05, 3.63) is 29.3 Å². The molecule has 0 unspecified atom stereocenters. The number of aliphatic carboxylic acids is 1. The second-order valence-electron chi connectivity index (χ2n) is 4.51. The highest BCUT2D eigenvalue weighted by Gasteiger charge is 2.31. The fraction of sp³-hybridized carbons (Fsp3) is 0.385. The van der Waals surface area contributed by atoms with Gasteiger partial charge >= 0.3 is 5.97 Å². The number of hydrogen-bond acceptors (Lipinski definition) is 3. The van der Waals surface area contributed by atoms with Crippen molar-refractivity contribution >= 4 is 23.5 Å². The number of carbonyl (C=O) groups excluding carboxylic acids is 1. The first-order valence-corrected chi connectivity index (χ1v) is 6.30. The summed E-state index contributed by atoms with van der Waals surface area (Å²) in [5.41, 5.74) is 0. The molecule has 1 saturated heterocycles. The number of carbonyl (C=O) groups is 2. The third-order valence-electron chi connectivity index (χ3n) is 2.95. The molecular weight excluding hydrogens is 270 g/mol. The minimum atomic E-state index is -0.825. The SMILES string of the molecule is O=C(O)CC1CN(C(=O)COc2ccc(Cl)cc2)C1. The topological polar surface area (TPSA) is 66.8 Å². The van der Waals surface area contributed by atoms with E-state index in [-0.39, 0.29) is 24.9 Å². The second kappa shape index (κ2) is 5.93. The van der Waals surface area contributed by atoms with Crippen LogP contribution < -0.4 is 4.74 Å². The van der Waals surface area contributed by atoms with Gasteiger partial charge in [0.15, 0.2) is 6.61 Å². The molecule has 1 fully saturated rings. The van der Waals surface area contributed by atoms with Gasteiger partial charge in [0.25, 0.3) is 5.91 Å². The van der Waals surface area contributed by atoms with Gasteiger partial charge in [-0.15, -0.1) is 0 Å². The molecule has 1 N–H and O–H groups in total. The van der Waals surface area contributed by atoms with E-state index in [1.165, 1.54) is 0 Å². The highest BCUT2D eigenvalue weighted by atomic mass is 35.5. The van der Waals surface area contributed by atoms with E-state index < -0.39 is 5.97 Å². The first-order chi connectivity index (χ1) is 9.04. The highest BCUT2D eigenvalue weighted by molar-refractivity contribution is 6.30. The van der Waals surface area contributed by atoms with Crippen molar-refractivity contribution in [1.29, 1.82) is 0 Å². The average molecular weight is 284 g/mol. The lowest BCUT2D eigenvalue weighted by Gasteiger charge is -2.38. The molecular formula is C13H14ClNO4. The fourth-order valence-corrected chi connectivity index (χ4v) is 2.04. The Balaban J connectivity index is 1.71. The van der Waals surface area contributed by atoms with Crippen LogP contribution in [0.5, 0.6) is 5.75 Å². The van der Waals surface area contributed by atoms with Crippen LogP contribution in [-0.2, 0) is 9.59 Å². The van der Waals surface area contributed by atoms with Crippen molar-refractivity contribution in [2.45, 2.75) is 6.42 Å². The van der Waals surface area contributed by atoms with Crippen LogP contribution in [0.15, 0.2) is 24.3 Å². The van der Waals surface area contributed by atoms with Gasteiger partial charge in [-0.2, -0.15) is 0 Å². The lowest BCUT2D eigenvalue weighted by molar-refractivity contribution is -0.146. The summed E-state index contributed by atoms with van der Waals surface area (Å²) in [5, 5.41) is 9.22. The Morgan fingerprint density at radius 3 is 2.53 bits per heavy atom. The molecule has 0 atom stereocenters. The summed E-state index contributed by atoms with van der Waals surface area (Å²) in [6.07, 6.45) is 0.113. The third kappa shape index (κ3) is 3.86. The number of carboxylic acids is 1. The van der Waals surface area contributed by atoms with Crippen LogP contribution in [0.4, 0.5) is 0 Å². The average Bonchev–Trinajstić information content (AvgIpc) is 2.32. The van der Waals surface area contributed by atoms with Gasteiger partial charge in [-0.25, -0.2) is 0 Å². The molecule has 1 heterocycles. The van der Waals surface area contributed by atoms with Gasteiger partial charge < -0.3 is 14.7 Å². The zero-order valence-corrected chi connectivity index (χ0v) is 11.0. The number of ether oxygens (including phenoxy) is 1. The van der Waals surface area contributed by atoms with Gasteiger partial charge in [0.2, 0.25) is 0 Å². The first kappa shape index (κ1) is 13.7. The Hall–Kier alpha value is -1.75. The summed E-state index contributed by atoms with van der Waals surface area (Å²) in [5.74, 6) is -0.302. The molecule has 0 bridgehead atoms. The van der Waals surface area contributed by atoms with Crippen molar-refractivity contribution in [3.8, 4) is 5.75 Å². The molecule has 1 amide bonds. The lowest BCUT2D eigenvalue weighted by Crippen LogP contribution is -2.52. The number of rotatable bonds is 5. The molecule has 6 heteroatoms. The number of hydrogen-bond donors (Lipinski definition) is 1. The number of nitrogens with zero attached hydrogens (tertiary/aromatic N) is 1. The van der Waals surface area contributed by atoms with Gasteiger partial charge in [-0.1, -0.05) is 11.6 Å². The molecule has 1 aromatic carbocycles. The van der Waals surface area contributed by atoms with Gasteiger partial charge in [-0.3, -0.25) is 9.59 Å². The molecule has 0 radical (unpaired) electrons.